The molecule has 0 saturated carbocycles. The molecule has 0 aromatic heterocycles. The summed E-state index contributed by atoms with van der Waals surface area (Å²) in [5.74, 6) is 0. The van der Waals surface area contributed by atoms with E-state index < -0.39 is 8.32 Å². The van der Waals surface area contributed by atoms with Crippen LogP contribution in [0.1, 0.15) is 32.8 Å². The first-order chi connectivity index (χ1) is 9.28. The van der Waals surface area contributed by atoms with Gasteiger partial charge < -0.3 is 4.43 Å². The fourth-order valence-electron chi connectivity index (χ4n) is 2.47. The summed E-state index contributed by atoms with van der Waals surface area (Å²) in [4.78, 5) is 2.52. The lowest BCUT2D eigenvalue weighted by Gasteiger charge is -2.38. The lowest BCUT2D eigenvalue weighted by Crippen LogP contribution is -2.44. The lowest BCUT2D eigenvalue weighted by atomic mass is 10.2. The minimum Gasteiger partial charge on any atom is -0.413 e. The van der Waals surface area contributed by atoms with Gasteiger partial charge in [-0.3, -0.25) is 4.90 Å². The van der Waals surface area contributed by atoms with E-state index in [4.69, 9.17) is 4.43 Å². The minimum atomic E-state index is -1.62. The second-order valence-electron chi connectivity index (χ2n) is 7.51. The molecule has 2 nitrogen and oxygen atoms in total. The molecule has 0 unspecified atom stereocenters. The van der Waals surface area contributed by atoms with Crippen LogP contribution in [-0.4, -0.2) is 32.4 Å². The number of hydrogen-bond donors (Lipinski definition) is 0. The van der Waals surface area contributed by atoms with Crippen molar-refractivity contribution in [2.75, 3.05) is 13.1 Å². The van der Waals surface area contributed by atoms with Gasteiger partial charge in [-0.2, -0.15) is 0 Å². The number of likely N-dealkylation sites (tertiary alicyclic amines) is 1. The van der Waals surface area contributed by atoms with E-state index in [0.29, 0.717) is 11.1 Å². The first-order valence-electron chi connectivity index (χ1n) is 7.72. The van der Waals surface area contributed by atoms with Crippen molar-refractivity contribution in [3.63, 3.8) is 0 Å². The average Bonchev–Trinajstić information content (AvgIpc) is 2.75. The first-order valence-corrected chi connectivity index (χ1v) is 10.6. The van der Waals surface area contributed by atoms with Crippen molar-refractivity contribution in [3.05, 3.63) is 35.9 Å². The molecular formula is C17H29NOSi. The number of hydrogen-bond acceptors (Lipinski definition) is 2. The number of rotatable bonds is 4. The highest BCUT2D eigenvalue weighted by Gasteiger charge is 2.40. The van der Waals surface area contributed by atoms with Gasteiger partial charge in [0.2, 0.25) is 0 Å². The Kier molecular flexibility index (Phi) is 4.72. The van der Waals surface area contributed by atoms with Gasteiger partial charge in [-0.1, -0.05) is 51.1 Å². The highest BCUT2D eigenvalue weighted by atomic mass is 28.4. The summed E-state index contributed by atoms with van der Waals surface area (Å²) >= 11 is 0. The van der Waals surface area contributed by atoms with E-state index in [1.165, 1.54) is 12.0 Å². The van der Waals surface area contributed by atoms with Crippen molar-refractivity contribution in [2.45, 2.75) is 58.0 Å². The largest absolute Gasteiger partial charge is 0.413 e. The standard InChI is InChI=1S/C17H29NOSi/c1-17(2,3)20(4,5)19-16-11-12-18(14-16)13-15-9-7-6-8-10-15/h6-10,16H,11-14H2,1-5H3/t16-/m0/s1. The normalized spacial score (nSPS) is 21.4. The van der Waals surface area contributed by atoms with Crippen LogP contribution in [0.25, 0.3) is 0 Å². The zero-order chi connectivity index (χ0) is 14.8. The van der Waals surface area contributed by atoms with E-state index in [-0.39, 0.29) is 0 Å². The van der Waals surface area contributed by atoms with Crippen LogP contribution in [0.15, 0.2) is 30.3 Å². The second kappa shape index (κ2) is 6.00. The number of benzene rings is 1. The molecule has 1 aromatic rings. The Bertz CT molecular complexity index is 424. The summed E-state index contributed by atoms with van der Waals surface area (Å²) in [6.45, 7) is 15.0. The molecule has 20 heavy (non-hydrogen) atoms. The van der Waals surface area contributed by atoms with Crippen LogP contribution in [0.5, 0.6) is 0 Å². The molecule has 1 aliphatic heterocycles. The van der Waals surface area contributed by atoms with Crippen molar-refractivity contribution < 1.29 is 4.43 Å². The molecule has 112 valence electrons. The maximum atomic E-state index is 6.53. The van der Waals surface area contributed by atoms with Gasteiger partial charge in [-0.25, -0.2) is 0 Å². The van der Waals surface area contributed by atoms with Crippen molar-refractivity contribution >= 4 is 8.32 Å². The third-order valence-electron chi connectivity index (χ3n) is 4.75. The molecule has 1 aliphatic rings. The van der Waals surface area contributed by atoms with Gasteiger partial charge in [0.15, 0.2) is 8.32 Å². The van der Waals surface area contributed by atoms with Crippen molar-refractivity contribution in [2.24, 2.45) is 0 Å². The Labute approximate surface area is 125 Å². The van der Waals surface area contributed by atoms with Gasteiger partial charge in [-0.05, 0) is 30.1 Å². The van der Waals surface area contributed by atoms with Gasteiger partial charge in [-0.15, -0.1) is 0 Å². The van der Waals surface area contributed by atoms with E-state index in [9.17, 15) is 0 Å². The maximum Gasteiger partial charge on any atom is 0.192 e. The lowest BCUT2D eigenvalue weighted by molar-refractivity contribution is 0.179. The van der Waals surface area contributed by atoms with Crippen molar-refractivity contribution in [3.8, 4) is 0 Å². The monoisotopic (exact) mass is 291 g/mol. The van der Waals surface area contributed by atoms with Gasteiger partial charge in [0, 0.05) is 19.6 Å². The van der Waals surface area contributed by atoms with E-state index >= 15 is 0 Å². The van der Waals surface area contributed by atoms with E-state index in [1.54, 1.807) is 0 Å². The molecule has 1 aromatic carbocycles. The Morgan fingerprint density at radius 3 is 2.45 bits per heavy atom. The molecule has 0 spiro atoms. The molecular weight excluding hydrogens is 262 g/mol. The fraction of sp³-hybridized carbons (Fsp3) is 0.647. The van der Waals surface area contributed by atoms with Crippen LogP contribution in [0.2, 0.25) is 18.1 Å². The maximum absolute atomic E-state index is 6.53. The molecule has 1 fully saturated rings. The van der Waals surface area contributed by atoms with Crippen LogP contribution in [0.4, 0.5) is 0 Å². The third-order valence-corrected chi connectivity index (χ3v) is 9.28. The molecule has 1 heterocycles. The minimum absolute atomic E-state index is 0.305. The van der Waals surface area contributed by atoms with Gasteiger partial charge in [0.25, 0.3) is 0 Å². The molecule has 1 atom stereocenters. The summed E-state index contributed by atoms with van der Waals surface area (Å²) in [7, 11) is -1.62. The van der Waals surface area contributed by atoms with E-state index in [0.717, 1.165) is 19.6 Å². The molecule has 0 bridgehead atoms. The van der Waals surface area contributed by atoms with Crippen LogP contribution in [-0.2, 0) is 11.0 Å². The van der Waals surface area contributed by atoms with Crippen LogP contribution in [0, 0.1) is 0 Å². The Hall–Kier alpha value is -0.643. The number of nitrogens with zero attached hydrogens (tertiary/aromatic N) is 1. The summed E-state index contributed by atoms with van der Waals surface area (Å²) in [5, 5.41) is 0.305. The molecule has 0 N–H and O–H groups in total. The highest BCUT2D eigenvalue weighted by Crippen LogP contribution is 2.38. The van der Waals surface area contributed by atoms with Gasteiger partial charge >= 0.3 is 0 Å². The van der Waals surface area contributed by atoms with Gasteiger partial charge in [0.1, 0.15) is 0 Å². The SMILES string of the molecule is CC(C)(C)[Si](C)(C)O[C@H]1CCN(Cc2ccccc2)C1. The summed E-state index contributed by atoms with van der Waals surface area (Å²) in [5.41, 5.74) is 1.40. The zero-order valence-corrected chi connectivity index (χ0v) is 14.6. The van der Waals surface area contributed by atoms with E-state index in [2.05, 4.69) is 69.1 Å². The molecule has 1 saturated heterocycles. The first kappa shape index (κ1) is 15.7. The quantitative estimate of drug-likeness (QED) is 0.768. The predicted octanol–water partition coefficient (Wildman–Crippen LogP) is 4.28. The average molecular weight is 292 g/mol. The Morgan fingerprint density at radius 1 is 1.20 bits per heavy atom. The Morgan fingerprint density at radius 2 is 1.85 bits per heavy atom. The zero-order valence-electron chi connectivity index (χ0n) is 13.6. The van der Waals surface area contributed by atoms with Crippen molar-refractivity contribution in [1.29, 1.82) is 0 Å². The van der Waals surface area contributed by atoms with Crippen LogP contribution in [0.3, 0.4) is 0 Å². The summed E-state index contributed by atoms with van der Waals surface area (Å²) in [6, 6.07) is 10.7. The topological polar surface area (TPSA) is 12.5 Å². The summed E-state index contributed by atoms with van der Waals surface area (Å²) in [6.07, 6.45) is 1.61. The molecule has 2 rings (SSSR count). The van der Waals surface area contributed by atoms with E-state index in [1.807, 2.05) is 0 Å². The Balaban J connectivity index is 1.87. The molecule has 0 amide bonds. The van der Waals surface area contributed by atoms with Crippen molar-refractivity contribution in [1.82, 2.24) is 4.90 Å². The molecule has 3 heteroatoms. The predicted molar refractivity (Wildman–Crippen MR) is 88.4 cm³/mol. The second-order valence-corrected chi connectivity index (χ2v) is 12.3. The molecule has 0 radical (unpaired) electrons. The third kappa shape index (κ3) is 3.93. The van der Waals surface area contributed by atoms with Crippen LogP contribution < -0.4 is 0 Å². The molecule has 0 aliphatic carbocycles. The smallest absolute Gasteiger partial charge is 0.192 e. The highest BCUT2D eigenvalue weighted by molar-refractivity contribution is 6.74. The van der Waals surface area contributed by atoms with Crippen LogP contribution >= 0.6 is 0 Å². The summed E-state index contributed by atoms with van der Waals surface area (Å²) < 4.78 is 6.53. The van der Waals surface area contributed by atoms with Gasteiger partial charge in [0.05, 0.1) is 6.10 Å². The fourth-order valence-corrected chi connectivity index (χ4v) is 3.85.